The molecule has 1 aromatic heterocycles. The number of hydrogen-bond donors (Lipinski definition) is 0. The van der Waals surface area contributed by atoms with E-state index in [0.29, 0.717) is 31.3 Å². The number of likely N-dealkylation sites (tertiary alicyclic amines) is 1. The summed E-state index contributed by atoms with van der Waals surface area (Å²) >= 11 is 7.69. The topological polar surface area (TPSA) is 90.2 Å². The zero-order valence-electron chi connectivity index (χ0n) is 22.7. The maximum absolute atomic E-state index is 13.0. The minimum absolute atomic E-state index is 0.0351. The highest BCUT2D eigenvalue weighted by atomic mass is 35.5. The highest BCUT2D eigenvalue weighted by molar-refractivity contribution is 7.91. The molecule has 39 heavy (non-hydrogen) atoms. The summed E-state index contributed by atoms with van der Waals surface area (Å²) in [5.74, 6) is -0.0600. The van der Waals surface area contributed by atoms with Gasteiger partial charge in [0.1, 0.15) is 6.61 Å². The zero-order chi connectivity index (χ0) is 28.0. The number of carbonyl (C=O) groups excluding carboxylic acids is 1. The van der Waals surface area contributed by atoms with Gasteiger partial charge in [0.15, 0.2) is 14.6 Å². The Morgan fingerprint density at radius 2 is 1.85 bits per heavy atom. The van der Waals surface area contributed by atoms with Gasteiger partial charge < -0.3 is 9.47 Å². The van der Waals surface area contributed by atoms with Gasteiger partial charge in [-0.2, -0.15) is 0 Å². The Kier molecular flexibility index (Phi) is 10.2. The van der Waals surface area contributed by atoms with E-state index in [1.807, 2.05) is 11.6 Å². The number of carbonyl (C=O) groups is 1. The molecule has 0 bridgehead atoms. The first-order valence-corrected chi connectivity index (χ1v) is 16.1. The monoisotopic (exact) mass is 593 g/mol. The van der Waals surface area contributed by atoms with Crippen molar-refractivity contribution in [2.24, 2.45) is 12.0 Å². The lowest BCUT2D eigenvalue weighted by molar-refractivity contribution is -0.305. The van der Waals surface area contributed by atoms with Crippen molar-refractivity contribution in [3.05, 3.63) is 56.8 Å². The number of hydrogen-bond acceptors (Lipinski definition) is 7. The van der Waals surface area contributed by atoms with Crippen LogP contribution in [0.5, 0.6) is 0 Å². The molecule has 0 spiro atoms. The van der Waals surface area contributed by atoms with Gasteiger partial charge in [0.25, 0.3) is 0 Å². The molecule has 212 valence electrons. The summed E-state index contributed by atoms with van der Waals surface area (Å²) in [6.45, 7) is 4.20. The van der Waals surface area contributed by atoms with E-state index in [1.165, 1.54) is 4.88 Å². The lowest BCUT2D eigenvalue weighted by Crippen LogP contribution is -2.38. The Balaban J connectivity index is 1.34. The SMILES string of the molecule is CCCCOOCc1c(C2CCN(C(=O)CCS(=O)(=O)c3ccc4cc(Cl)ccc4c3)CC2)s/c(=N\C)n1C. The summed E-state index contributed by atoms with van der Waals surface area (Å²) in [6, 6.07) is 10.3. The van der Waals surface area contributed by atoms with E-state index in [0.717, 1.165) is 47.0 Å². The first-order valence-electron chi connectivity index (χ1n) is 13.3. The largest absolute Gasteiger partial charge is 0.343 e. The van der Waals surface area contributed by atoms with Gasteiger partial charge in [0, 0.05) is 43.5 Å². The van der Waals surface area contributed by atoms with Crippen molar-refractivity contribution in [3.8, 4) is 0 Å². The Morgan fingerprint density at radius 1 is 1.13 bits per heavy atom. The maximum Gasteiger partial charge on any atom is 0.223 e. The number of nitrogens with zero attached hydrogens (tertiary/aromatic N) is 3. The lowest BCUT2D eigenvalue weighted by Gasteiger charge is -2.32. The van der Waals surface area contributed by atoms with Gasteiger partial charge in [-0.05, 0) is 60.2 Å². The van der Waals surface area contributed by atoms with Gasteiger partial charge in [0.05, 0.1) is 22.9 Å². The van der Waals surface area contributed by atoms with E-state index in [1.54, 1.807) is 59.7 Å². The third-order valence-corrected chi connectivity index (χ3v) is 10.5. The molecule has 3 aromatic rings. The number of piperidine rings is 1. The minimum Gasteiger partial charge on any atom is -0.343 e. The molecular weight excluding hydrogens is 558 g/mol. The lowest BCUT2D eigenvalue weighted by atomic mass is 9.94. The number of fused-ring (bicyclic) bond motifs is 1. The van der Waals surface area contributed by atoms with Crippen molar-refractivity contribution in [2.75, 3.05) is 32.5 Å². The molecule has 0 aliphatic carbocycles. The molecule has 1 saturated heterocycles. The molecule has 0 radical (unpaired) electrons. The van der Waals surface area contributed by atoms with Crippen LogP contribution in [0.3, 0.4) is 0 Å². The predicted octanol–water partition coefficient (Wildman–Crippen LogP) is 5.24. The molecule has 11 heteroatoms. The smallest absolute Gasteiger partial charge is 0.223 e. The molecule has 1 amide bonds. The fourth-order valence-electron chi connectivity index (χ4n) is 4.83. The molecule has 1 aliphatic heterocycles. The normalized spacial score (nSPS) is 15.4. The maximum atomic E-state index is 13.0. The van der Waals surface area contributed by atoms with Crippen LogP contribution in [0.15, 0.2) is 46.3 Å². The van der Waals surface area contributed by atoms with Crippen LogP contribution < -0.4 is 4.80 Å². The molecule has 0 unspecified atom stereocenters. The van der Waals surface area contributed by atoms with Crippen molar-refractivity contribution in [1.29, 1.82) is 0 Å². The second-order valence-corrected chi connectivity index (χ2v) is 13.3. The second-order valence-electron chi connectivity index (χ2n) is 9.79. The van der Waals surface area contributed by atoms with Crippen LogP contribution in [0.4, 0.5) is 0 Å². The molecular formula is C28H36ClN3O5S2. The summed E-state index contributed by atoms with van der Waals surface area (Å²) in [4.78, 5) is 32.3. The summed E-state index contributed by atoms with van der Waals surface area (Å²) in [5.41, 5.74) is 1.05. The van der Waals surface area contributed by atoms with E-state index in [9.17, 15) is 13.2 Å². The fraction of sp³-hybridized carbons (Fsp3) is 0.500. The Bertz CT molecular complexity index is 1470. The summed E-state index contributed by atoms with van der Waals surface area (Å²) in [7, 11) is 0.169. The molecule has 1 aliphatic rings. The van der Waals surface area contributed by atoms with E-state index in [-0.39, 0.29) is 28.9 Å². The molecule has 2 aromatic carbocycles. The zero-order valence-corrected chi connectivity index (χ0v) is 25.1. The molecule has 0 N–H and O–H groups in total. The van der Waals surface area contributed by atoms with E-state index >= 15 is 0 Å². The van der Waals surface area contributed by atoms with Gasteiger partial charge in [-0.15, -0.1) is 11.3 Å². The van der Waals surface area contributed by atoms with Gasteiger partial charge in [-0.25, -0.2) is 18.2 Å². The highest BCUT2D eigenvalue weighted by Crippen LogP contribution is 2.33. The summed E-state index contributed by atoms with van der Waals surface area (Å²) < 4.78 is 28.0. The Morgan fingerprint density at radius 3 is 2.56 bits per heavy atom. The molecule has 1 fully saturated rings. The average molecular weight is 594 g/mol. The number of thiazole rings is 1. The molecule has 4 rings (SSSR count). The van der Waals surface area contributed by atoms with Crippen molar-refractivity contribution in [2.45, 2.75) is 56.4 Å². The highest BCUT2D eigenvalue weighted by Gasteiger charge is 2.28. The Hall–Kier alpha value is -2.24. The molecule has 2 heterocycles. The van der Waals surface area contributed by atoms with Crippen molar-refractivity contribution >= 4 is 49.5 Å². The number of benzene rings is 2. The quantitative estimate of drug-likeness (QED) is 0.172. The number of rotatable bonds is 11. The van der Waals surface area contributed by atoms with E-state index < -0.39 is 9.84 Å². The standard InChI is InChI=1S/C28H36ClN3O5S2/c1-4-5-15-36-37-19-25-27(38-28(30-2)31(25)3)20-10-13-32(14-11-20)26(33)12-16-39(34,35)24-9-7-21-17-23(29)8-6-22(21)18-24/h6-9,17-18,20H,4-5,10-16,19H2,1-3H3/b30-28-. The number of sulfone groups is 1. The van der Waals surface area contributed by atoms with Gasteiger partial charge in [0.2, 0.25) is 5.91 Å². The van der Waals surface area contributed by atoms with Crippen LogP contribution >= 0.6 is 22.9 Å². The van der Waals surface area contributed by atoms with Crippen LogP contribution in [0.25, 0.3) is 10.8 Å². The summed E-state index contributed by atoms with van der Waals surface area (Å²) in [6.07, 6.45) is 3.57. The molecule has 8 nitrogen and oxygen atoms in total. The van der Waals surface area contributed by atoms with E-state index in [4.69, 9.17) is 21.4 Å². The molecule has 0 saturated carbocycles. The molecule has 0 atom stereocenters. The van der Waals surface area contributed by atoms with Crippen LogP contribution in [-0.4, -0.2) is 56.3 Å². The Labute approximate surface area is 239 Å². The van der Waals surface area contributed by atoms with Crippen molar-refractivity contribution < 1.29 is 23.0 Å². The number of amides is 1. The second kappa shape index (κ2) is 13.4. The number of aromatic nitrogens is 1. The van der Waals surface area contributed by atoms with Crippen LogP contribution in [0.2, 0.25) is 5.02 Å². The van der Waals surface area contributed by atoms with Crippen LogP contribution in [-0.2, 0) is 38.1 Å². The van der Waals surface area contributed by atoms with Gasteiger partial charge >= 0.3 is 0 Å². The number of halogens is 1. The van der Waals surface area contributed by atoms with E-state index in [2.05, 4.69) is 11.9 Å². The third-order valence-electron chi connectivity index (χ3n) is 7.16. The summed E-state index contributed by atoms with van der Waals surface area (Å²) in [5, 5.41) is 2.27. The van der Waals surface area contributed by atoms with Gasteiger partial charge in [-0.1, -0.05) is 37.1 Å². The van der Waals surface area contributed by atoms with Crippen molar-refractivity contribution in [1.82, 2.24) is 9.47 Å². The first kappa shape index (κ1) is 29.7. The fourth-order valence-corrected chi connectivity index (χ4v) is 7.52. The van der Waals surface area contributed by atoms with Crippen LogP contribution in [0.1, 0.15) is 55.5 Å². The van der Waals surface area contributed by atoms with Gasteiger partial charge in [-0.3, -0.25) is 9.79 Å². The van der Waals surface area contributed by atoms with Crippen LogP contribution in [0, 0.1) is 0 Å². The predicted molar refractivity (Wildman–Crippen MR) is 155 cm³/mol. The first-order chi connectivity index (χ1) is 18.7. The number of unbranched alkanes of at least 4 members (excludes halogenated alkanes) is 1. The minimum atomic E-state index is -3.59. The third kappa shape index (κ3) is 7.29. The van der Waals surface area contributed by atoms with Crippen molar-refractivity contribution in [3.63, 3.8) is 0 Å². The average Bonchev–Trinajstić information content (AvgIpc) is 3.26.